The summed E-state index contributed by atoms with van der Waals surface area (Å²) in [5, 5.41) is 20.5. The Morgan fingerprint density at radius 2 is 0.908 bits per heavy atom. The van der Waals surface area contributed by atoms with Crippen LogP contribution in [-0.4, -0.2) is 134 Å². The summed E-state index contributed by atoms with van der Waals surface area (Å²) < 4.78 is 47.1. The van der Waals surface area contributed by atoms with E-state index in [4.69, 9.17) is 36.0 Å². The maximum absolute atomic E-state index is 14.0. The van der Waals surface area contributed by atoms with Gasteiger partial charge < -0.3 is 40.9 Å². The number of carbonyl (C=O) groups excluding carboxylic acids is 6. The highest BCUT2D eigenvalue weighted by molar-refractivity contribution is 6.61. The lowest BCUT2D eigenvalue weighted by Gasteiger charge is -2.29. The number of rotatable bonds is 30. The molecule has 0 aromatic heterocycles. The second-order valence-corrected chi connectivity index (χ2v) is 22.4. The third-order valence-corrected chi connectivity index (χ3v) is 18.5. The third-order valence-electron chi connectivity index (χ3n) is 12.2. The second-order valence-electron chi connectivity index (χ2n) is 16.9. The van der Waals surface area contributed by atoms with Crippen LogP contribution in [0, 0.1) is 10.1 Å². The lowest BCUT2D eigenvalue weighted by molar-refractivity contribution is -0.384. The smallest absolute Gasteiger partial charge is 0.420 e. The molecule has 0 saturated heterocycles. The van der Waals surface area contributed by atoms with Gasteiger partial charge in [0.2, 0.25) is 0 Å². The Balaban J connectivity index is 1.21. The van der Waals surface area contributed by atoms with Crippen molar-refractivity contribution in [1.82, 2.24) is 9.80 Å². The molecule has 2 heterocycles. The van der Waals surface area contributed by atoms with Gasteiger partial charge >= 0.3 is 29.5 Å². The van der Waals surface area contributed by atoms with Crippen LogP contribution >= 0.6 is 0 Å². The standard InChI is InChI=1S/C52H64N6O16Si2/c1-9-55(10-2)37-21-25-43(45(33-37)73-51(63)35-19-23-39-41(31-35)49(61)56(47(39)59)27-17-29-75(67-11-3,68-12-4)69-13-5)53-54-44-26-22-38(58(65)66)34-46(44)74-52(64)36-20-24-40-42(32-36)50(62)57(48(40)60)28-18-30-76(70-14-6,71-15-7)72-16-8/h19-26,31-34H,9-18,27-30H2,1-8H3. The number of esters is 2. The van der Waals surface area contributed by atoms with Crippen LogP contribution in [0.2, 0.25) is 12.1 Å². The number of fused-ring (bicyclic) bond motifs is 2. The van der Waals surface area contributed by atoms with Crippen molar-refractivity contribution in [3.8, 4) is 11.5 Å². The topological polar surface area (TPSA) is 254 Å². The molecule has 22 nitrogen and oxygen atoms in total. The molecule has 0 fully saturated rings. The van der Waals surface area contributed by atoms with Gasteiger partial charge in [-0.2, -0.15) is 0 Å². The molecule has 2 aliphatic heterocycles. The maximum atomic E-state index is 14.0. The quantitative estimate of drug-likeness (QED) is 0.00896. The highest BCUT2D eigenvalue weighted by Crippen LogP contribution is 2.38. The average Bonchev–Trinajstić information content (AvgIpc) is 3.79. The highest BCUT2D eigenvalue weighted by atomic mass is 28.4. The van der Waals surface area contributed by atoms with Crippen LogP contribution in [0.3, 0.4) is 0 Å². The number of ether oxygens (including phenoxy) is 2. The molecule has 0 atom stereocenters. The van der Waals surface area contributed by atoms with Crippen molar-refractivity contribution in [2.75, 3.05) is 70.7 Å². The zero-order valence-corrected chi connectivity index (χ0v) is 46.0. The number of anilines is 1. The first-order chi connectivity index (χ1) is 36.6. The van der Waals surface area contributed by atoms with Crippen LogP contribution in [-0.2, 0) is 26.6 Å². The second kappa shape index (κ2) is 26.7. The molecule has 0 spiro atoms. The molecule has 0 radical (unpaired) electrons. The zero-order chi connectivity index (χ0) is 55.2. The number of non-ortho nitro benzene ring substituents is 1. The third kappa shape index (κ3) is 13.4. The Labute approximate surface area is 443 Å². The Morgan fingerprint density at radius 1 is 0.526 bits per heavy atom. The minimum Gasteiger partial charge on any atom is -0.420 e. The van der Waals surface area contributed by atoms with E-state index in [-0.39, 0.29) is 69.3 Å². The summed E-state index contributed by atoms with van der Waals surface area (Å²) >= 11 is 0. The molecule has 0 N–H and O–H groups in total. The molecule has 4 amide bonds. The molecule has 0 unspecified atom stereocenters. The number of nitrogens with zero attached hydrogens (tertiary/aromatic N) is 6. The molecule has 6 rings (SSSR count). The molecule has 76 heavy (non-hydrogen) atoms. The summed E-state index contributed by atoms with van der Waals surface area (Å²) in [6.45, 7) is 18.4. The number of imide groups is 2. The van der Waals surface area contributed by atoms with Gasteiger partial charge in [0.1, 0.15) is 11.4 Å². The molecule has 2 aliphatic rings. The normalized spacial score (nSPS) is 13.5. The summed E-state index contributed by atoms with van der Waals surface area (Å²) in [6.07, 6.45) is 0.700. The van der Waals surface area contributed by atoms with Crippen molar-refractivity contribution in [3.05, 3.63) is 116 Å². The largest absolute Gasteiger partial charge is 0.500 e. The van der Waals surface area contributed by atoms with E-state index in [9.17, 15) is 38.9 Å². The van der Waals surface area contributed by atoms with Gasteiger partial charge in [-0.3, -0.25) is 39.1 Å². The Bertz CT molecular complexity index is 2810. The first-order valence-corrected chi connectivity index (χ1v) is 29.3. The van der Waals surface area contributed by atoms with Gasteiger partial charge in [-0.15, -0.1) is 10.2 Å². The molecular formula is C52H64N6O16Si2. The summed E-state index contributed by atoms with van der Waals surface area (Å²) in [5.41, 5.74) is 0.145. The van der Waals surface area contributed by atoms with E-state index in [0.29, 0.717) is 83.3 Å². The Morgan fingerprint density at radius 3 is 1.29 bits per heavy atom. The van der Waals surface area contributed by atoms with Crippen molar-refractivity contribution < 1.29 is 69.7 Å². The van der Waals surface area contributed by atoms with Gasteiger partial charge in [0, 0.05) is 95.7 Å². The number of nitro groups is 1. The van der Waals surface area contributed by atoms with E-state index in [0.717, 1.165) is 21.9 Å². The summed E-state index contributed by atoms with van der Waals surface area (Å²) in [5.74, 6) is -4.60. The van der Waals surface area contributed by atoms with Crippen molar-refractivity contribution in [1.29, 1.82) is 0 Å². The van der Waals surface area contributed by atoms with Crippen LogP contribution < -0.4 is 14.4 Å². The van der Waals surface area contributed by atoms with E-state index in [2.05, 4.69) is 10.2 Å². The van der Waals surface area contributed by atoms with Gasteiger partial charge in [-0.25, -0.2) is 9.59 Å². The maximum Gasteiger partial charge on any atom is 0.500 e. The molecule has 4 aromatic rings. The van der Waals surface area contributed by atoms with Gasteiger partial charge in [0.25, 0.3) is 29.3 Å². The molecule has 0 bridgehead atoms. The highest BCUT2D eigenvalue weighted by Gasteiger charge is 2.43. The number of hydrogen-bond acceptors (Lipinski definition) is 19. The van der Waals surface area contributed by atoms with Crippen LogP contribution in [0.25, 0.3) is 0 Å². The predicted octanol–water partition coefficient (Wildman–Crippen LogP) is 9.36. The monoisotopic (exact) mass is 1080 g/mol. The van der Waals surface area contributed by atoms with Gasteiger partial charge in [-0.05, 0) is 123 Å². The number of benzene rings is 4. The fraction of sp³-hybridized carbons (Fsp3) is 0.423. The van der Waals surface area contributed by atoms with Crippen LogP contribution in [0.15, 0.2) is 83.0 Å². The minimum absolute atomic E-state index is 0.0253. The van der Waals surface area contributed by atoms with E-state index < -0.39 is 63.8 Å². The van der Waals surface area contributed by atoms with Crippen LogP contribution in [0.5, 0.6) is 11.5 Å². The zero-order valence-electron chi connectivity index (χ0n) is 44.0. The lowest BCUT2D eigenvalue weighted by atomic mass is 10.1. The molecule has 4 aromatic carbocycles. The fourth-order valence-corrected chi connectivity index (χ4v) is 14.0. The Kier molecular flexibility index (Phi) is 20.5. The molecule has 406 valence electrons. The molecule has 0 aliphatic carbocycles. The van der Waals surface area contributed by atoms with E-state index in [1.165, 1.54) is 42.5 Å². The van der Waals surface area contributed by atoms with Gasteiger partial charge in [0.05, 0.1) is 44.4 Å². The fourth-order valence-electron chi connectivity index (χ4n) is 8.81. The number of nitro benzene ring substituents is 1. The Hall–Kier alpha value is -6.91. The average molecular weight is 1090 g/mol. The summed E-state index contributed by atoms with van der Waals surface area (Å²) in [6, 6.07) is 16.9. The van der Waals surface area contributed by atoms with Crippen molar-refractivity contribution >= 4 is 75.9 Å². The molecule has 0 saturated carbocycles. The summed E-state index contributed by atoms with van der Waals surface area (Å²) in [7, 11) is -6.11. The summed E-state index contributed by atoms with van der Waals surface area (Å²) in [4.78, 5) is 97.3. The SMILES string of the molecule is CCO[Si](CCCN1C(=O)c2ccc(C(=O)Oc3cc(N(CC)CC)ccc3N=Nc3ccc([N+](=O)[O-])cc3OC(=O)c3ccc4c(c3)C(=O)N(CCC[Si](OCC)(OCC)OCC)C4=O)cc2C1=O)(OCC)OCC. The van der Waals surface area contributed by atoms with Gasteiger partial charge in [-0.1, -0.05) is 0 Å². The number of hydrogen-bond donors (Lipinski definition) is 0. The van der Waals surface area contributed by atoms with Crippen molar-refractivity contribution in [3.63, 3.8) is 0 Å². The number of amides is 4. The van der Waals surface area contributed by atoms with E-state index >= 15 is 0 Å². The van der Waals surface area contributed by atoms with E-state index in [1.54, 1.807) is 18.2 Å². The van der Waals surface area contributed by atoms with Crippen LogP contribution in [0.4, 0.5) is 22.7 Å². The first-order valence-electron chi connectivity index (χ1n) is 25.4. The van der Waals surface area contributed by atoms with E-state index in [1.807, 2.05) is 60.3 Å². The molecule has 24 heteroatoms. The first kappa shape index (κ1) is 58.4. The van der Waals surface area contributed by atoms with Crippen molar-refractivity contribution in [2.45, 2.75) is 80.3 Å². The molecular weight excluding hydrogens is 1020 g/mol. The minimum atomic E-state index is -3.06. The lowest BCUT2D eigenvalue weighted by Crippen LogP contribution is -2.46. The predicted molar refractivity (Wildman–Crippen MR) is 281 cm³/mol. The van der Waals surface area contributed by atoms with Gasteiger partial charge in [0.15, 0.2) is 11.5 Å². The van der Waals surface area contributed by atoms with Crippen LogP contribution in [0.1, 0.15) is 130 Å². The number of azo groups is 1. The number of carbonyl (C=O) groups is 6. The van der Waals surface area contributed by atoms with Crippen molar-refractivity contribution in [2.24, 2.45) is 10.2 Å².